The molecule has 1 aromatic rings. The van der Waals surface area contributed by atoms with Crippen LogP contribution in [0.3, 0.4) is 0 Å². The molecule has 3 nitrogen and oxygen atoms in total. The summed E-state index contributed by atoms with van der Waals surface area (Å²) >= 11 is 0. The second-order valence-corrected chi connectivity index (χ2v) is 6.13. The van der Waals surface area contributed by atoms with Crippen LogP contribution in [0.5, 0.6) is 5.75 Å². The smallest absolute Gasteiger partial charge is 0.123 e. The number of hydrogen-bond donors (Lipinski definition) is 1. The maximum atomic E-state index is 5.92. The van der Waals surface area contributed by atoms with Gasteiger partial charge in [0.2, 0.25) is 0 Å². The van der Waals surface area contributed by atoms with Crippen molar-refractivity contribution < 1.29 is 4.74 Å². The Morgan fingerprint density at radius 3 is 2.60 bits per heavy atom. The van der Waals surface area contributed by atoms with Crippen LogP contribution in [0, 0.1) is 5.92 Å². The van der Waals surface area contributed by atoms with Crippen molar-refractivity contribution in [2.75, 3.05) is 19.4 Å². The normalized spacial score (nSPS) is 23.0. The molecule has 1 fully saturated rings. The van der Waals surface area contributed by atoms with E-state index in [0.717, 1.165) is 23.9 Å². The van der Waals surface area contributed by atoms with Gasteiger partial charge < -0.3 is 10.5 Å². The molecule has 20 heavy (non-hydrogen) atoms. The average Bonchev–Trinajstić information content (AvgIpc) is 2.42. The van der Waals surface area contributed by atoms with Gasteiger partial charge in [0.15, 0.2) is 0 Å². The molecule has 0 saturated heterocycles. The molecule has 0 heterocycles. The monoisotopic (exact) mass is 276 g/mol. The van der Waals surface area contributed by atoms with Crippen molar-refractivity contribution in [3.8, 4) is 5.75 Å². The lowest BCUT2D eigenvalue weighted by molar-refractivity contribution is 0.162. The largest absolute Gasteiger partial charge is 0.494 e. The third-order valence-corrected chi connectivity index (χ3v) is 4.41. The Morgan fingerprint density at radius 1 is 1.25 bits per heavy atom. The second kappa shape index (κ2) is 6.98. The minimum Gasteiger partial charge on any atom is -0.494 e. The zero-order valence-electron chi connectivity index (χ0n) is 13.1. The van der Waals surface area contributed by atoms with Gasteiger partial charge in [-0.05, 0) is 63.8 Å². The summed E-state index contributed by atoms with van der Waals surface area (Å²) in [6.45, 7) is 5.99. The zero-order chi connectivity index (χ0) is 14.5. The molecule has 0 aliphatic heterocycles. The highest BCUT2D eigenvalue weighted by Gasteiger charge is 2.22. The number of benzene rings is 1. The molecule has 112 valence electrons. The van der Waals surface area contributed by atoms with Crippen molar-refractivity contribution in [2.45, 2.75) is 52.1 Å². The lowest BCUT2D eigenvalue weighted by Crippen LogP contribution is -2.34. The SMILES string of the molecule is CCOc1ccc(N)cc1CN(C)C1CCC(C)CC1. The molecule has 3 heteroatoms. The van der Waals surface area contributed by atoms with Crippen molar-refractivity contribution in [1.82, 2.24) is 4.90 Å². The van der Waals surface area contributed by atoms with E-state index < -0.39 is 0 Å². The maximum absolute atomic E-state index is 5.92. The molecular weight excluding hydrogens is 248 g/mol. The number of hydrogen-bond acceptors (Lipinski definition) is 3. The van der Waals surface area contributed by atoms with Crippen molar-refractivity contribution in [1.29, 1.82) is 0 Å². The first-order chi connectivity index (χ1) is 9.60. The summed E-state index contributed by atoms with van der Waals surface area (Å²) in [6.07, 6.45) is 5.32. The Hall–Kier alpha value is -1.22. The van der Waals surface area contributed by atoms with Gasteiger partial charge in [0.05, 0.1) is 6.61 Å². The quantitative estimate of drug-likeness (QED) is 0.834. The first-order valence-corrected chi connectivity index (χ1v) is 7.81. The molecule has 2 rings (SSSR count). The molecule has 0 spiro atoms. The van der Waals surface area contributed by atoms with Crippen LogP contribution in [-0.4, -0.2) is 24.6 Å². The van der Waals surface area contributed by atoms with Crippen LogP contribution < -0.4 is 10.5 Å². The van der Waals surface area contributed by atoms with Crippen LogP contribution in [0.4, 0.5) is 5.69 Å². The van der Waals surface area contributed by atoms with Crippen molar-refractivity contribution >= 4 is 5.69 Å². The lowest BCUT2D eigenvalue weighted by atomic mass is 9.86. The van der Waals surface area contributed by atoms with Gasteiger partial charge in [-0.1, -0.05) is 6.92 Å². The Kier molecular flexibility index (Phi) is 5.30. The molecular formula is C17H28N2O. The minimum absolute atomic E-state index is 0.696. The van der Waals surface area contributed by atoms with Gasteiger partial charge in [-0.25, -0.2) is 0 Å². The van der Waals surface area contributed by atoms with Crippen LogP contribution in [-0.2, 0) is 6.54 Å². The Morgan fingerprint density at radius 2 is 1.95 bits per heavy atom. The summed E-state index contributed by atoms with van der Waals surface area (Å²) in [5, 5.41) is 0. The third-order valence-electron chi connectivity index (χ3n) is 4.41. The summed E-state index contributed by atoms with van der Waals surface area (Å²) in [6, 6.07) is 6.65. The van der Waals surface area contributed by atoms with Crippen LogP contribution in [0.2, 0.25) is 0 Å². The van der Waals surface area contributed by atoms with Crippen molar-refractivity contribution in [3.63, 3.8) is 0 Å². The molecule has 0 radical (unpaired) electrons. The first kappa shape index (κ1) is 15.2. The van der Waals surface area contributed by atoms with Gasteiger partial charge in [-0.2, -0.15) is 0 Å². The van der Waals surface area contributed by atoms with Gasteiger partial charge in [-0.15, -0.1) is 0 Å². The fraction of sp³-hybridized carbons (Fsp3) is 0.647. The fourth-order valence-corrected chi connectivity index (χ4v) is 3.10. The maximum Gasteiger partial charge on any atom is 0.123 e. The van der Waals surface area contributed by atoms with Gasteiger partial charge in [0.25, 0.3) is 0 Å². The molecule has 1 aromatic carbocycles. The number of nitrogens with two attached hydrogens (primary N) is 1. The van der Waals surface area contributed by atoms with E-state index in [1.165, 1.54) is 31.2 Å². The van der Waals surface area contributed by atoms with E-state index in [1.54, 1.807) is 0 Å². The zero-order valence-corrected chi connectivity index (χ0v) is 13.1. The van der Waals surface area contributed by atoms with E-state index in [4.69, 9.17) is 10.5 Å². The molecule has 1 aliphatic rings. The van der Waals surface area contributed by atoms with Crippen molar-refractivity contribution in [2.24, 2.45) is 5.92 Å². The Balaban J connectivity index is 2.02. The number of nitrogen functional groups attached to an aromatic ring is 1. The highest BCUT2D eigenvalue weighted by atomic mass is 16.5. The van der Waals surface area contributed by atoms with Crippen molar-refractivity contribution in [3.05, 3.63) is 23.8 Å². The van der Waals surface area contributed by atoms with E-state index in [1.807, 2.05) is 25.1 Å². The lowest BCUT2D eigenvalue weighted by Gasteiger charge is -2.34. The highest BCUT2D eigenvalue weighted by molar-refractivity contribution is 5.47. The van der Waals surface area contributed by atoms with Crippen LogP contribution in [0.15, 0.2) is 18.2 Å². The summed E-state index contributed by atoms with van der Waals surface area (Å²) in [5.41, 5.74) is 7.94. The number of anilines is 1. The number of nitrogens with zero attached hydrogens (tertiary/aromatic N) is 1. The van der Waals surface area contributed by atoms with E-state index in [2.05, 4.69) is 18.9 Å². The molecule has 0 aromatic heterocycles. The van der Waals surface area contributed by atoms with E-state index in [-0.39, 0.29) is 0 Å². The molecule has 0 amide bonds. The second-order valence-electron chi connectivity index (χ2n) is 6.13. The van der Waals surface area contributed by atoms with Gasteiger partial charge in [0, 0.05) is 23.8 Å². The van der Waals surface area contributed by atoms with Gasteiger partial charge in [-0.3, -0.25) is 4.90 Å². The third kappa shape index (κ3) is 3.89. The summed E-state index contributed by atoms with van der Waals surface area (Å²) in [4.78, 5) is 2.46. The highest BCUT2D eigenvalue weighted by Crippen LogP contribution is 2.29. The molecule has 0 bridgehead atoms. The van der Waals surface area contributed by atoms with Gasteiger partial charge in [0.1, 0.15) is 5.75 Å². The number of ether oxygens (including phenoxy) is 1. The van der Waals surface area contributed by atoms with E-state index >= 15 is 0 Å². The fourth-order valence-electron chi connectivity index (χ4n) is 3.10. The van der Waals surface area contributed by atoms with E-state index in [9.17, 15) is 0 Å². The summed E-state index contributed by atoms with van der Waals surface area (Å²) in [7, 11) is 2.22. The number of rotatable bonds is 5. The Labute approximate surface area is 123 Å². The predicted octanol–water partition coefficient (Wildman–Crippen LogP) is 3.68. The molecule has 1 aliphatic carbocycles. The standard InChI is InChI=1S/C17H28N2O/c1-4-20-17-10-7-15(18)11-14(17)12-19(3)16-8-5-13(2)6-9-16/h7,10-11,13,16H,4-6,8-9,12,18H2,1-3H3. The van der Waals surface area contributed by atoms with Crippen LogP contribution in [0.1, 0.15) is 45.1 Å². The summed E-state index contributed by atoms with van der Waals surface area (Å²) in [5.74, 6) is 1.86. The minimum atomic E-state index is 0.696. The topological polar surface area (TPSA) is 38.5 Å². The Bertz CT molecular complexity index is 425. The predicted molar refractivity (Wildman–Crippen MR) is 84.9 cm³/mol. The molecule has 2 N–H and O–H groups in total. The molecule has 1 saturated carbocycles. The molecule has 0 unspecified atom stereocenters. The summed E-state index contributed by atoms with van der Waals surface area (Å²) < 4.78 is 5.72. The average molecular weight is 276 g/mol. The molecule has 0 atom stereocenters. The van der Waals surface area contributed by atoms with Gasteiger partial charge >= 0.3 is 0 Å². The van der Waals surface area contributed by atoms with Crippen LogP contribution in [0.25, 0.3) is 0 Å². The van der Waals surface area contributed by atoms with E-state index in [0.29, 0.717) is 12.6 Å². The van der Waals surface area contributed by atoms with Crippen LogP contribution >= 0.6 is 0 Å². The first-order valence-electron chi connectivity index (χ1n) is 7.81.